The van der Waals surface area contributed by atoms with Crippen LogP contribution in [0.25, 0.3) is 0 Å². The molecule has 2 aromatic carbocycles. The Morgan fingerprint density at radius 2 is 1.70 bits per heavy atom. The van der Waals surface area contributed by atoms with Gasteiger partial charge in [-0.1, -0.05) is 41.5 Å². The van der Waals surface area contributed by atoms with Crippen LogP contribution in [-0.2, 0) is 20.8 Å². The number of carbonyl (C=O) groups excluding carboxylic acids is 2. The van der Waals surface area contributed by atoms with Gasteiger partial charge in [-0.2, -0.15) is 0 Å². The summed E-state index contributed by atoms with van der Waals surface area (Å²) in [5, 5.41) is 14.2. The molecule has 142 valence electrons. The lowest BCUT2D eigenvalue weighted by Gasteiger charge is -2.16. The Morgan fingerprint density at radius 1 is 1.04 bits per heavy atom. The molecule has 6 nitrogen and oxygen atoms in total. The van der Waals surface area contributed by atoms with Crippen molar-refractivity contribution in [3.8, 4) is 0 Å². The molecular weight excluding hydrogens is 351 g/mol. The Balaban J connectivity index is 1.94. The minimum atomic E-state index is -1.21. The van der Waals surface area contributed by atoms with Gasteiger partial charge < -0.3 is 15.7 Å². The molecule has 0 aliphatic heterocycles. The summed E-state index contributed by atoms with van der Waals surface area (Å²) < 4.78 is 13.1. The largest absolute Gasteiger partial charge is 0.479 e. The zero-order valence-corrected chi connectivity index (χ0v) is 15.1. The number of carboxylic acids is 1. The summed E-state index contributed by atoms with van der Waals surface area (Å²) in [7, 11) is 0. The Hall–Kier alpha value is -3.22. The van der Waals surface area contributed by atoms with E-state index in [2.05, 4.69) is 10.6 Å². The van der Waals surface area contributed by atoms with E-state index in [0.717, 1.165) is 11.1 Å². The van der Waals surface area contributed by atoms with Gasteiger partial charge >= 0.3 is 5.97 Å². The zero-order chi connectivity index (χ0) is 20.0. The Bertz CT molecular complexity index is 847. The van der Waals surface area contributed by atoms with Crippen LogP contribution in [0.1, 0.15) is 28.3 Å². The number of hydrogen-bond donors (Lipinski definition) is 3. The van der Waals surface area contributed by atoms with E-state index in [1.807, 2.05) is 19.9 Å². The summed E-state index contributed by atoms with van der Waals surface area (Å²) in [5.74, 6) is -2.74. The molecule has 27 heavy (non-hydrogen) atoms. The predicted molar refractivity (Wildman–Crippen MR) is 97.5 cm³/mol. The first-order valence-corrected chi connectivity index (χ1v) is 8.36. The highest BCUT2D eigenvalue weighted by atomic mass is 19.1. The van der Waals surface area contributed by atoms with Crippen molar-refractivity contribution in [2.24, 2.45) is 0 Å². The van der Waals surface area contributed by atoms with E-state index in [1.165, 1.54) is 18.2 Å². The summed E-state index contributed by atoms with van der Waals surface area (Å²) in [6.45, 7) is 3.30. The lowest BCUT2D eigenvalue weighted by Crippen LogP contribution is -2.41. The maximum atomic E-state index is 13.1. The third-order valence-corrected chi connectivity index (χ3v) is 3.83. The second kappa shape index (κ2) is 8.93. The van der Waals surface area contributed by atoms with Crippen molar-refractivity contribution in [2.45, 2.75) is 26.3 Å². The average molecular weight is 372 g/mol. The summed E-state index contributed by atoms with van der Waals surface area (Å²) in [5.41, 5.74) is 2.70. The molecule has 0 heterocycles. The monoisotopic (exact) mass is 372 g/mol. The van der Waals surface area contributed by atoms with Crippen molar-refractivity contribution in [2.75, 3.05) is 6.54 Å². The van der Waals surface area contributed by atoms with Gasteiger partial charge in [-0.05, 0) is 37.1 Å². The van der Waals surface area contributed by atoms with Crippen LogP contribution in [0.3, 0.4) is 0 Å². The van der Waals surface area contributed by atoms with Crippen molar-refractivity contribution >= 4 is 17.8 Å². The summed E-state index contributed by atoms with van der Waals surface area (Å²) in [6, 6.07) is 9.67. The highest BCUT2D eigenvalue weighted by Gasteiger charge is 2.22. The molecule has 1 atom stereocenters. The lowest BCUT2D eigenvalue weighted by molar-refractivity contribution is -0.141. The smallest absolute Gasteiger partial charge is 0.330 e. The number of nitrogens with one attached hydrogen (secondary N) is 2. The molecule has 2 rings (SSSR count). The number of halogens is 1. The maximum absolute atomic E-state index is 13.1. The quantitative estimate of drug-likeness (QED) is 0.693. The minimum Gasteiger partial charge on any atom is -0.479 e. The molecule has 0 aliphatic rings. The number of carboxylic acid groups (broad SMARTS) is 1. The van der Waals surface area contributed by atoms with Crippen LogP contribution in [-0.4, -0.2) is 29.4 Å². The third kappa shape index (κ3) is 6.22. The van der Waals surface area contributed by atoms with Crippen molar-refractivity contribution in [1.29, 1.82) is 0 Å². The van der Waals surface area contributed by atoms with Gasteiger partial charge in [-0.3, -0.25) is 9.59 Å². The number of amides is 2. The third-order valence-electron chi connectivity index (χ3n) is 3.83. The SMILES string of the molecule is Cc1cc(C)cc(C(NC(=O)CNC(=O)Cc2cccc(F)c2)C(=O)O)c1. The molecule has 0 fully saturated rings. The summed E-state index contributed by atoms with van der Waals surface area (Å²) >= 11 is 0. The van der Waals surface area contributed by atoms with Crippen LogP contribution in [0.4, 0.5) is 4.39 Å². The van der Waals surface area contributed by atoms with Crippen molar-refractivity contribution in [3.63, 3.8) is 0 Å². The van der Waals surface area contributed by atoms with Crippen molar-refractivity contribution in [1.82, 2.24) is 10.6 Å². The van der Waals surface area contributed by atoms with Gasteiger partial charge in [-0.25, -0.2) is 9.18 Å². The van der Waals surface area contributed by atoms with Crippen LogP contribution in [0.15, 0.2) is 42.5 Å². The normalized spacial score (nSPS) is 11.5. The topological polar surface area (TPSA) is 95.5 Å². The average Bonchev–Trinajstić information content (AvgIpc) is 2.56. The van der Waals surface area contributed by atoms with Gasteiger partial charge in [0.2, 0.25) is 11.8 Å². The molecule has 2 amide bonds. The summed E-state index contributed by atoms with van der Waals surface area (Å²) in [4.78, 5) is 35.5. The molecule has 0 radical (unpaired) electrons. The molecule has 7 heteroatoms. The Morgan fingerprint density at radius 3 is 2.30 bits per heavy atom. The molecule has 0 saturated heterocycles. The zero-order valence-electron chi connectivity index (χ0n) is 15.1. The second-order valence-electron chi connectivity index (χ2n) is 6.34. The van der Waals surface area contributed by atoms with Gasteiger partial charge in [-0.15, -0.1) is 0 Å². The number of hydrogen-bond acceptors (Lipinski definition) is 3. The first kappa shape index (κ1) is 20.1. The minimum absolute atomic E-state index is 0.0789. The maximum Gasteiger partial charge on any atom is 0.330 e. The van der Waals surface area contributed by atoms with E-state index in [9.17, 15) is 23.9 Å². The molecule has 0 aromatic heterocycles. The number of rotatable bonds is 7. The summed E-state index contributed by atoms with van der Waals surface area (Å²) in [6.07, 6.45) is -0.0789. The van der Waals surface area contributed by atoms with Crippen LogP contribution in [0, 0.1) is 19.7 Å². The number of aliphatic carboxylic acids is 1. The van der Waals surface area contributed by atoms with Crippen LogP contribution in [0.2, 0.25) is 0 Å². The lowest BCUT2D eigenvalue weighted by atomic mass is 10.0. The fourth-order valence-electron chi connectivity index (χ4n) is 2.75. The molecule has 1 unspecified atom stereocenters. The second-order valence-corrected chi connectivity index (χ2v) is 6.34. The van der Waals surface area contributed by atoms with Crippen molar-refractivity contribution in [3.05, 3.63) is 70.5 Å². The van der Waals surface area contributed by atoms with Crippen LogP contribution >= 0.6 is 0 Å². The highest BCUT2D eigenvalue weighted by molar-refractivity contribution is 5.89. The van der Waals surface area contributed by atoms with Crippen LogP contribution in [0.5, 0.6) is 0 Å². The predicted octanol–water partition coefficient (Wildman–Crippen LogP) is 2.04. The van der Waals surface area contributed by atoms with E-state index in [0.29, 0.717) is 11.1 Å². The molecule has 0 bridgehead atoms. The standard InChI is InChI=1S/C20H21FN2O4/c1-12-6-13(2)8-15(7-12)19(20(26)27)23-18(25)11-22-17(24)10-14-4-3-5-16(21)9-14/h3-9,19H,10-11H2,1-2H3,(H,22,24)(H,23,25)(H,26,27). The fourth-order valence-corrected chi connectivity index (χ4v) is 2.75. The van der Waals surface area contributed by atoms with Gasteiger partial charge in [0.15, 0.2) is 6.04 Å². The van der Waals surface area contributed by atoms with Gasteiger partial charge in [0.05, 0.1) is 13.0 Å². The Kier molecular flexibility index (Phi) is 6.65. The van der Waals surface area contributed by atoms with Gasteiger partial charge in [0, 0.05) is 0 Å². The van der Waals surface area contributed by atoms with E-state index in [1.54, 1.807) is 18.2 Å². The fraction of sp³-hybridized carbons (Fsp3) is 0.250. The molecule has 0 saturated carbocycles. The van der Waals surface area contributed by atoms with Gasteiger partial charge in [0.25, 0.3) is 0 Å². The number of carbonyl (C=O) groups is 3. The van der Waals surface area contributed by atoms with E-state index >= 15 is 0 Å². The highest BCUT2D eigenvalue weighted by Crippen LogP contribution is 2.17. The molecular formula is C20H21FN2O4. The molecule has 3 N–H and O–H groups in total. The first-order chi connectivity index (χ1) is 12.7. The Labute approximate surface area is 156 Å². The number of benzene rings is 2. The molecule has 0 aliphatic carbocycles. The van der Waals surface area contributed by atoms with Crippen LogP contribution < -0.4 is 10.6 Å². The molecule has 2 aromatic rings. The number of aryl methyl sites for hydroxylation is 2. The van der Waals surface area contributed by atoms with E-state index in [-0.39, 0.29) is 13.0 Å². The first-order valence-electron chi connectivity index (χ1n) is 8.36. The van der Waals surface area contributed by atoms with E-state index < -0.39 is 29.6 Å². The molecule has 0 spiro atoms. The van der Waals surface area contributed by atoms with Gasteiger partial charge in [0.1, 0.15) is 5.82 Å². The van der Waals surface area contributed by atoms with Crippen molar-refractivity contribution < 1.29 is 23.9 Å². The van der Waals surface area contributed by atoms with E-state index in [4.69, 9.17) is 0 Å².